The predicted octanol–water partition coefficient (Wildman–Crippen LogP) is 6.13. The molecular formula is C29H37ClN8OS. The minimum absolute atomic E-state index is 0.271. The number of hydrogen-bond acceptors (Lipinski definition) is 9. The molecule has 1 amide bonds. The van der Waals surface area contributed by atoms with Crippen LogP contribution in [0.4, 0.5) is 22.7 Å². The molecule has 0 aliphatic carbocycles. The summed E-state index contributed by atoms with van der Waals surface area (Å²) >= 11 is 7.51. The molecule has 1 aliphatic rings. The van der Waals surface area contributed by atoms with Crippen molar-refractivity contribution < 1.29 is 4.79 Å². The van der Waals surface area contributed by atoms with Gasteiger partial charge in [-0.05, 0) is 43.9 Å². The van der Waals surface area contributed by atoms with Crippen molar-refractivity contribution in [3.63, 3.8) is 0 Å². The highest BCUT2D eigenvalue weighted by Gasteiger charge is 2.22. The molecule has 2 aromatic heterocycles. The number of nitrogens with one attached hydrogen (secondary N) is 2. The number of aromatic nitrogens is 4. The van der Waals surface area contributed by atoms with E-state index >= 15 is 0 Å². The molecule has 0 radical (unpaired) electrons. The van der Waals surface area contributed by atoms with E-state index in [1.54, 1.807) is 6.07 Å². The van der Waals surface area contributed by atoms with E-state index in [1.807, 2.05) is 26.0 Å². The molecule has 0 saturated carbocycles. The van der Waals surface area contributed by atoms with E-state index in [1.165, 1.54) is 23.1 Å². The van der Waals surface area contributed by atoms with E-state index in [-0.39, 0.29) is 5.91 Å². The van der Waals surface area contributed by atoms with E-state index in [0.29, 0.717) is 38.5 Å². The number of hydrogen-bond donors (Lipinski definition) is 2. The topological polar surface area (TPSA) is 99.2 Å². The van der Waals surface area contributed by atoms with E-state index in [2.05, 4.69) is 69.4 Å². The average molecular weight is 581 g/mol. The molecule has 1 saturated heterocycles. The molecule has 0 atom stereocenters. The fourth-order valence-corrected chi connectivity index (χ4v) is 5.35. The van der Waals surface area contributed by atoms with Gasteiger partial charge in [0.2, 0.25) is 11.9 Å². The Morgan fingerprint density at radius 3 is 2.60 bits per heavy atom. The summed E-state index contributed by atoms with van der Waals surface area (Å²) in [7, 11) is 0. The molecule has 1 fully saturated rings. The Bertz CT molecular complexity index is 1360. The number of thiazole rings is 1. The van der Waals surface area contributed by atoms with Crippen LogP contribution in [0.1, 0.15) is 48.8 Å². The first-order valence-electron chi connectivity index (χ1n) is 13.5. The third-order valence-electron chi connectivity index (χ3n) is 6.48. The average Bonchev–Trinajstić information content (AvgIpc) is 3.39. The van der Waals surface area contributed by atoms with Gasteiger partial charge in [0.05, 0.1) is 16.9 Å². The van der Waals surface area contributed by atoms with Crippen LogP contribution in [-0.2, 0) is 6.42 Å². The van der Waals surface area contributed by atoms with Crippen molar-refractivity contribution in [3.8, 4) is 0 Å². The summed E-state index contributed by atoms with van der Waals surface area (Å²) < 4.78 is 0. The van der Waals surface area contributed by atoms with Crippen molar-refractivity contribution in [2.75, 3.05) is 48.3 Å². The van der Waals surface area contributed by atoms with Crippen LogP contribution in [0.2, 0.25) is 5.02 Å². The van der Waals surface area contributed by atoms with Crippen LogP contribution < -0.4 is 15.5 Å². The number of piperazine rings is 1. The van der Waals surface area contributed by atoms with Gasteiger partial charge < -0.3 is 10.2 Å². The zero-order valence-electron chi connectivity index (χ0n) is 23.7. The lowest BCUT2D eigenvalue weighted by atomic mass is 10.1. The Kier molecular flexibility index (Phi) is 10.2. The minimum Gasteiger partial charge on any atom is -0.338 e. The van der Waals surface area contributed by atoms with E-state index in [4.69, 9.17) is 21.6 Å². The second-order valence-electron chi connectivity index (χ2n) is 10.1. The lowest BCUT2D eigenvalue weighted by molar-refractivity contribution is 0.103. The smallest absolute Gasteiger partial charge is 0.267 e. The highest BCUT2D eigenvalue weighted by Crippen LogP contribution is 2.28. The third kappa shape index (κ3) is 7.87. The van der Waals surface area contributed by atoms with Crippen molar-refractivity contribution in [1.82, 2.24) is 24.8 Å². The Morgan fingerprint density at radius 2 is 1.93 bits per heavy atom. The lowest BCUT2D eigenvalue weighted by Crippen LogP contribution is -2.47. The van der Waals surface area contributed by atoms with Crippen LogP contribution in [0.5, 0.6) is 0 Å². The van der Waals surface area contributed by atoms with Crippen molar-refractivity contribution >= 4 is 51.6 Å². The summed E-state index contributed by atoms with van der Waals surface area (Å²) in [5, 5.41) is 7.12. The number of amides is 1. The molecule has 11 heteroatoms. The molecule has 0 unspecified atom stereocenters. The number of nitrogens with zero attached hydrogens (tertiary/aromatic N) is 6. The highest BCUT2D eigenvalue weighted by atomic mass is 35.5. The second-order valence-corrected chi connectivity index (χ2v) is 11.6. The maximum absolute atomic E-state index is 12.9. The number of carbonyl (C=O) groups excluding carboxylic acids is 1. The van der Waals surface area contributed by atoms with Crippen molar-refractivity contribution in [3.05, 3.63) is 69.5 Å². The molecule has 0 bridgehead atoms. The molecular weight excluding hydrogens is 544 g/mol. The second kappa shape index (κ2) is 13.8. The predicted molar refractivity (Wildman–Crippen MR) is 165 cm³/mol. The van der Waals surface area contributed by atoms with Gasteiger partial charge in [0.25, 0.3) is 5.91 Å². The summed E-state index contributed by atoms with van der Waals surface area (Å²) in [5.41, 5.74) is 2.81. The number of para-hydroxylation sites is 1. The fourth-order valence-electron chi connectivity index (χ4n) is 4.38. The van der Waals surface area contributed by atoms with Crippen molar-refractivity contribution in [2.24, 2.45) is 5.92 Å². The van der Waals surface area contributed by atoms with Gasteiger partial charge in [-0.2, -0.15) is 15.0 Å². The lowest BCUT2D eigenvalue weighted by Gasteiger charge is -2.35. The third-order valence-corrected chi connectivity index (χ3v) is 7.71. The van der Waals surface area contributed by atoms with Crippen LogP contribution >= 0.6 is 22.9 Å². The first kappa shape index (κ1) is 29.6. The molecule has 1 aromatic carbocycles. The number of benzene rings is 1. The van der Waals surface area contributed by atoms with Gasteiger partial charge in [-0.15, -0.1) is 0 Å². The summed E-state index contributed by atoms with van der Waals surface area (Å²) in [6, 6.07) is 5.50. The van der Waals surface area contributed by atoms with E-state index in [9.17, 15) is 4.79 Å². The standard InChI is InChI=1S/C29H37ClN8OS/c1-6-9-21(7-2)18-37-12-14-38(15-13-37)28-33-24(16-19(3)4)32-27(35-28)36-29-31-17-23(40-29)26(39)34-25-20(5)10-8-11-22(25)30/h6-11,17,19H,12-16,18H2,1-5H3,(H,34,39)(H,31,32,33,35,36). The number of rotatable bonds is 10. The quantitative estimate of drug-likeness (QED) is 0.276. The highest BCUT2D eigenvalue weighted by molar-refractivity contribution is 7.17. The van der Waals surface area contributed by atoms with Crippen molar-refractivity contribution in [2.45, 2.75) is 41.0 Å². The number of aryl methyl sites for hydroxylation is 1. The molecule has 2 N–H and O–H groups in total. The molecule has 0 spiro atoms. The Labute approximate surface area is 245 Å². The molecule has 3 aromatic rings. The van der Waals surface area contributed by atoms with Gasteiger partial charge in [-0.3, -0.25) is 15.0 Å². The Hall–Kier alpha value is -3.34. The van der Waals surface area contributed by atoms with E-state index < -0.39 is 0 Å². The number of carbonyl (C=O) groups is 1. The van der Waals surface area contributed by atoms with E-state index in [0.717, 1.165) is 50.5 Å². The number of allylic oxidation sites excluding steroid dienone is 2. The van der Waals surface area contributed by atoms with Crippen LogP contribution in [0.3, 0.4) is 0 Å². The first-order chi connectivity index (χ1) is 19.2. The zero-order valence-corrected chi connectivity index (χ0v) is 25.3. The van der Waals surface area contributed by atoms with Crippen molar-refractivity contribution in [1.29, 1.82) is 0 Å². The number of halogens is 1. The van der Waals surface area contributed by atoms with Gasteiger partial charge in [0.15, 0.2) is 5.13 Å². The Balaban J connectivity index is 1.46. The first-order valence-corrected chi connectivity index (χ1v) is 14.7. The number of anilines is 4. The summed E-state index contributed by atoms with van der Waals surface area (Å²) in [5.74, 6) is 1.95. The van der Waals surface area contributed by atoms with Crippen LogP contribution in [-0.4, -0.2) is 63.5 Å². The summed E-state index contributed by atoms with van der Waals surface area (Å²) in [6.45, 7) is 14.8. The van der Waals surface area contributed by atoms with Gasteiger partial charge in [0.1, 0.15) is 10.7 Å². The molecule has 40 heavy (non-hydrogen) atoms. The maximum atomic E-state index is 12.9. The Morgan fingerprint density at radius 1 is 1.15 bits per heavy atom. The maximum Gasteiger partial charge on any atom is 0.267 e. The SMILES string of the molecule is CC=CC(=CC)CN1CCN(c2nc(CC(C)C)nc(Nc3ncc(C(=O)Nc4c(C)cccc4Cl)s3)n2)CC1. The summed E-state index contributed by atoms with van der Waals surface area (Å²) in [4.78, 5) is 36.6. The van der Waals surface area contributed by atoms with Crippen LogP contribution in [0, 0.1) is 12.8 Å². The van der Waals surface area contributed by atoms with Gasteiger partial charge in [-0.25, -0.2) is 4.98 Å². The molecule has 9 nitrogen and oxygen atoms in total. The van der Waals surface area contributed by atoms with Gasteiger partial charge in [0, 0.05) is 39.1 Å². The zero-order chi connectivity index (χ0) is 28.6. The fraction of sp³-hybridized carbons (Fsp3) is 0.414. The van der Waals surface area contributed by atoms with Gasteiger partial charge >= 0.3 is 0 Å². The molecule has 1 aliphatic heterocycles. The van der Waals surface area contributed by atoms with Crippen LogP contribution in [0.15, 0.2) is 48.2 Å². The normalized spacial score (nSPS) is 14.8. The molecule has 4 rings (SSSR count). The summed E-state index contributed by atoms with van der Waals surface area (Å²) in [6.07, 6.45) is 8.69. The van der Waals surface area contributed by atoms with Crippen LogP contribution in [0.25, 0.3) is 0 Å². The largest absolute Gasteiger partial charge is 0.338 e. The molecule has 212 valence electrons. The minimum atomic E-state index is -0.271. The molecule has 3 heterocycles. The van der Waals surface area contributed by atoms with Gasteiger partial charge in [-0.1, -0.05) is 67.1 Å². The monoisotopic (exact) mass is 580 g/mol.